The zero-order chi connectivity index (χ0) is 17.6. The van der Waals surface area contributed by atoms with E-state index < -0.39 is 0 Å². The Morgan fingerprint density at radius 2 is 1.76 bits per heavy atom. The van der Waals surface area contributed by atoms with Crippen LogP contribution in [-0.2, 0) is 4.79 Å². The molecule has 1 saturated heterocycles. The number of phenols is 1. The molecule has 1 fully saturated rings. The number of rotatable bonds is 4. The Hall–Kier alpha value is -2.70. The van der Waals surface area contributed by atoms with Gasteiger partial charge in [-0.15, -0.1) is 0 Å². The predicted octanol–water partition coefficient (Wildman–Crippen LogP) is 4.18. The number of benzene rings is 2. The molecule has 0 spiro atoms. The molecule has 1 aliphatic rings. The van der Waals surface area contributed by atoms with Crippen LogP contribution in [-0.4, -0.2) is 26.6 Å². The van der Waals surface area contributed by atoms with E-state index in [1.165, 1.54) is 23.0 Å². The number of carbonyl (C=O) groups is 1. The number of phenolic OH excluding ortho intramolecular Hbond substituents is 1. The molecule has 4 nitrogen and oxygen atoms in total. The quantitative estimate of drug-likeness (QED) is 0.501. The average Bonchev–Trinajstić information content (AvgIpc) is 2.89. The number of hydrogen-bond acceptors (Lipinski definition) is 5. The number of allylic oxidation sites excluding steroid dienone is 2. The van der Waals surface area contributed by atoms with Crippen molar-refractivity contribution in [3.63, 3.8) is 0 Å². The first-order valence-corrected chi connectivity index (χ1v) is 8.69. The van der Waals surface area contributed by atoms with E-state index in [4.69, 9.17) is 12.2 Å². The molecule has 0 aromatic heterocycles. The lowest BCUT2D eigenvalue weighted by molar-refractivity contribution is -0.122. The van der Waals surface area contributed by atoms with Gasteiger partial charge in [-0.2, -0.15) is 10.1 Å². The van der Waals surface area contributed by atoms with E-state index in [1.54, 1.807) is 30.3 Å². The van der Waals surface area contributed by atoms with Crippen LogP contribution >= 0.6 is 24.0 Å². The van der Waals surface area contributed by atoms with Gasteiger partial charge >= 0.3 is 0 Å². The highest BCUT2D eigenvalue weighted by atomic mass is 32.2. The predicted molar refractivity (Wildman–Crippen MR) is 106 cm³/mol. The first kappa shape index (κ1) is 17.1. The molecule has 0 atom stereocenters. The van der Waals surface area contributed by atoms with Crippen molar-refractivity contribution < 1.29 is 9.90 Å². The Kier molecular flexibility index (Phi) is 5.42. The van der Waals surface area contributed by atoms with Crippen molar-refractivity contribution in [2.24, 2.45) is 5.10 Å². The van der Waals surface area contributed by atoms with E-state index in [0.29, 0.717) is 9.23 Å². The minimum Gasteiger partial charge on any atom is -0.508 e. The molecule has 2 aromatic rings. The van der Waals surface area contributed by atoms with Gasteiger partial charge in [0.1, 0.15) is 5.75 Å². The lowest BCUT2D eigenvalue weighted by Gasteiger charge is -2.05. The van der Waals surface area contributed by atoms with E-state index in [1.807, 2.05) is 42.5 Å². The van der Waals surface area contributed by atoms with Crippen LogP contribution in [0, 0.1) is 0 Å². The van der Waals surface area contributed by atoms with E-state index in [9.17, 15) is 9.90 Å². The van der Waals surface area contributed by atoms with E-state index in [0.717, 1.165) is 11.1 Å². The van der Waals surface area contributed by atoms with E-state index in [-0.39, 0.29) is 11.7 Å². The van der Waals surface area contributed by atoms with Gasteiger partial charge in [0.15, 0.2) is 4.32 Å². The summed E-state index contributed by atoms with van der Waals surface area (Å²) in [6, 6.07) is 16.3. The molecule has 0 radical (unpaired) electrons. The van der Waals surface area contributed by atoms with Gasteiger partial charge in [0.05, 0.1) is 11.1 Å². The molecule has 0 unspecified atom stereocenters. The van der Waals surface area contributed by atoms with Crippen LogP contribution in [0.4, 0.5) is 0 Å². The van der Waals surface area contributed by atoms with Gasteiger partial charge in [-0.05, 0) is 53.7 Å². The van der Waals surface area contributed by atoms with Crippen molar-refractivity contribution in [3.8, 4) is 5.75 Å². The molecule has 2 aromatic carbocycles. The van der Waals surface area contributed by atoms with Gasteiger partial charge in [0.25, 0.3) is 5.91 Å². The number of thiocarbonyl (C=S) groups is 1. The third-order valence-electron chi connectivity index (χ3n) is 3.32. The van der Waals surface area contributed by atoms with E-state index >= 15 is 0 Å². The Morgan fingerprint density at radius 1 is 1.04 bits per heavy atom. The summed E-state index contributed by atoms with van der Waals surface area (Å²) in [6.07, 6.45) is 7.02. The van der Waals surface area contributed by atoms with Crippen molar-refractivity contribution in [3.05, 3.63) is 82.8 Å². The number of carbonyl (C=O) groups excluding carboxylic acids is 1. The molecular formula is C19H14N2O2S2. The molecule has 25 heavy (non-hydrogen) atoms. The Labute approximate surface area is 155 Å². The van der Waals surface area contributed by atoms with Gasteiger partial charge in [-0.3, -0.25) is 4.79 Å². The fourth-order valence-electron chi connectivity index (χ4n) is 2.07. The van der Waals surface area contributed by atoms with Crippen LogP contribution in [0.3, 0.4) is 0 Å². The normalized spacial score (nSPS) is 16.6. The van der Waals surface area contributed by atoms with Gasteiger partial charge in [0.2, 0.25) is 0 Å². The summed E-state index contributed by atoms with van der Waals surface area (Å²) in [7, 11) is 0. The standard InChI is InChI=1S/C19H14N2O2S2/c22-16-11-9-15(10-12-16)13-20-21-18(23)17(25-19(21)24)8-4-7-14-5-2-1-3-6-14/h1-13,22H/b7-4-,17-8+,20-13+. The summed E-state index contributed by atoms with van der Waals surface area (Å²) in [4.78, 5) is 12.9. The smallest absolute Gasteiger partial charge is 0.286 e. The maximum Gasteiger partial charge on any atom is 0.286 e. The molecule has 0 aliphatic carbocycles. The second kappa shape index (κ2) is 7.92. The van der Waals surface area contributed by atoms with Crippen LogP contribution < -0.4 is 0 Å². The fourth-order valence-corrected chi connectivity index (χ4v) is 3.19. The third-order valence-corrected chi connectivity index (χ3v) is 4.63. The van der Waals surface area contributed by atoms with Crippen molar-refractivity contribution in [2.45, 2.75) is 0 Å². The Balaban J connectivity index is 1.70. The van der Waals surface area contributed by atoms with Crippen LogP contribution in [0.1, 0.15) is 11.1 Å². The van der Waals surface area contributed by atoms with Crippen LogP contribution in [0.5, 0.6) is 5.75 Å². The lowest BCUT2D eigenvalue weighted by Crippen LogP contribution is -2.22. The SMILES string of the molecule is O=C1/C(=C\C=C/c2ccccc2)SC(=S)N1/N=C/c1ccc(O)cc1. The molecule has 0 bridgehead atoms. The summed E-state index contributed by atoms with van der Waals surface area (Å²) in [5, 5.41) is 14.6. The maximum atomic E-state index is 12.4. The van der Waals surface area contributed by atoms with Gasteiger partial charge in [-0.25, -0.2) is 0 Å². The van der Waals surface area contributed by atoms with Crippen molar-refractivity contribution in [2.75, 3.05) is 0 Å². The second-order valence-electron chi connectivity index (χ2n) is 5.12. The van der Waals surface area contributed by atoms with Gasteiger partial charge < -0.3 is 5.11 Å². The second-order valence-corrected chi connectivity index (χ2v) is 6.80. The molecular weight excluding hydrogens is 352 g/mol. The number of amides is 1. The minimum atomic E-state index is -0.247. The number of thioether (sulfide) groups is 1. The van der Waals surface area contributed by atoms with Crippen molar-refractivity contribution in [1.29, 1.82) is 0 Å². The number of aromatic hydroxyl groups is 1. The minimum absolute atomic E-state index is 0.177. The zero-order valence-corrected chi connectivity index (χ0v) is 14.7. The molecule has 3 rings (SSSR count). The van der Waals surface area contributed by atoms with Crippen LogP contribution in [0.25, 0.3) is 6.08 Å². The van der Waals surface area contributed by atoms with Gasteiger partial charge in [-0.1, -0.05) is 54.2 Å². The maximum absolute atomic E-state index is 12.4. The largest absolute Gasteiger partial charge is 0.508 e. The molecule has 1 N–H and O–H groups in total. The highest BCUT2D eigenvalue weighted by molar-refractivity contribution is 8.26. The number of nitrogens with zero attached hydrogens (tertiary/aromatic N) is 2. The Bertz CT molecular complexity index is 872. The molecule has 6 heteroatoms. The molecule has 0 saturated carbocycles. The highest BCUT2D eigenvalue weighted by Gasteiger charge is 2.31. The highest BCUT2D eigenvalue weighted by Crippen LogP contribution is 2.31. The zero-order valence-electron chi connectivity index (χ0n) is 13.1. The van der Waals surface area contributed by atoms with Crippen LogP contribution in [0.2, 0.25) is 0 Å². The summed E-state index contributed by atoms with van der Waals surface area (Å²) in [5.41, 5.74) is 1.82. The number of hydrazone groups is 1. The average molecular weight is 366 g/mol. The first-order chi connectivity index (χ1) is 12.1. The fraction of sp³-hybridized carbons (Fsp3) is 0. The van der Waals surface area contributed by atoms with Crippen molar-refractivity contribution >= 4 is 46.5 Å². The monoisotopic (exact) mass is 366 g/mol. The van der Waals surface area contributed by atoms with Crippen LogP contribution in [0.15, 0.2) is 76.8 Å². The Morgan fingerprint density at radius 3 is 2.48 bits per heavy atom. The first-order valence-electron chi connectivity index (χ1n) is 7.46. The summed E-state index contributed by atoms with van der Waals surface area (Å²) < 4.78 is 0.388. The third kappa shape index (κ3) is 4.43. The molecule has 1 aliphatic heterocycles. The van der Waals surface area contributed by atoms with Gasteiger partial charge in [0, 0.05) is 0 Å². The van der Waals surface area contributed by atoms with E-state index in [2.05, 4.69) is 5.10 Å². The lowest BCUT2D eigenvalue weighted by atomic mass is 10.2. The summed E-state index contributed by atoms with van der Waals surface area (Å²) >= 11 is 6.44. The molecule has 1 heterocycles. The topological polar surface area (TPSA) is 52.9 Å². The molecule has 1 amide bonds. The molecule has 124 valence electrons. The summed E-state index contributed by atoms with van der Waals surface area (Å²) in [5.74, 6) is -0.0707. The summed E-state index contributed by atoms with van der Waals surface area (Å²) in [6.45, 7) is 0. The number of hydrogen-bond donors (Lipinski definition) is 1. The van der Waals surface area contributed by atoms with Crippen molar-refractivity contribution in [1.82, 2.24) is 5.01 Å².